The summed E-state index contributed by atoms with van der Waals surface area (Å²) in [5.41, 5.74) is 8.24. The fraction of sp³-hybridized carbons (Fsp3) is 0.125. The molecule has 0 saturated carbocycles. The van der Waals surface area contributed by atoms with Crippen LogP contribution in [0.5, 0.6) is 0 Å². The van der Waals surface area contributed by atoms with Gasteiger partial charge < -0.3 is 11.1 Å². The highest BCUT2D eigenvalue weighted by Gasteiger charge is 2.08. The monoisotopic (exact) mass is 299 g/mol. The van der Waals surface area contributed by atoms with E-state index in [1.54, 1.807) is 24.3 Å². The molecule has 0 spiro atoms. The predicted octanol–water partition coefficient (Wildman–Crippen LogP) is 3.37. The molecule has 4 nitrogen and oxygen atoms in total. The van der Waals surface area contributed by atoms with E-state index in [4.69, 9.17) is 22.6 Å². The van der Waals surface area contributed by atoms with Crippen LogP contribution in [-0.4, -0.2) is 5.91 Å². The molecule has 106 valence electrons. The maximum atomic E-state index is 12.0. The smallest absolute Gasteiger partial charge is 0.224 e. The van der Waals surface area contributed by atoms with Gasteiger partial charge in [0.2, 0.25) is 5.91 Å². The molecule has 21 heavy (non-hydrogen) atoms. The number of aryl methyl sites for hydroxylation is 1. The Hall–Kier alpha value is -2.51. The van der Waals surface area contributed by atoms with Crippen LogP contribution in [0.25, 0.3) is 0 Å². The SMILES string of the molecule is N#Cc1ccc(Cl)cc1NC(=O)CCc1ccccc1N. The molecule has 1 amide bonds. The number of hydrogen-bond donors (Lipinski definition) is 2. The Balaban J connectivity index is 2.01. The van der Waals surface area contributed by atoms with Gasteiger partial charge in [0.15, 0.2) is 0 Å². The minimum Gasteiger partial charge on any atom is -0.399 e. The number of hydrogen-bond acceptors (Lipinski definition) is 3. The van der Waals surface area contributed by atoms with Crippen LogP contribution in [0.2, 0.25) is 5.02 Å². The van der Waals surface area contributed by atoms with Crippen molar-refractivity contribution in [3.8, 4) is 6.07 Å². The van der Waals surface area contributed by atoms with Crippen molar-refractivity contribution in [1.82, 2.24) is 0 Å². The second-order valence-corrected chi connectivity index (χ2v) is 4.99. The van der Waals surface area contributed by atoms with Gasteiger partial charge in [-0.05, 0) is 36.2 Å². The largest absolute Gasteiger partial charge is 0.399 e. The molecule has 0 radical (unpaired) electrons. The molecule has 0 saturated heterocycles. The van der Waals surface area contributed by atoms with Gasteiger partial charge in [0, 0.05) is 17.1 Å². The Morgan fingerprint density at radius 1 is 1.29 bits per heavy atom. The molecule has 3 N–H and O–H groups in total. The Kier molecular flexibility index (Phi) is 4.81. The lowest BCUT2D eigenvalue weighted by atomic mass is 10.1. The van der Waals surface area contributed by atoms with Gasteiger partial charge in [-0.15, -0.1) is 0 Å². The fourth-order valence-corrected chi connectivity index (χ4v) is 2.11. The minimum atomic E-state index is -0.183. The number of anilines is 2. The van der Waals surface area contributed by atoms with Crippen LogP contribution >= 0.6 is 11.6 Å². The van der Waals surface area contributed by atoms with E-state index >= 15 is 0 Å². The van der Waals surface area contributed by atoms with Crippen molar-refractivity contribution >= 4 is 28.9 Å². The van der Waals surface area contributed by atoms with E-state index in [2.05, 4.69) is 5.32 Å². The van der Waals surface area contributed by atoms with Crippen molar-refractivity contribution in [2.75, 3.05) is 11.1 Å². The van der Waals surface area contributed by atoms with Crippen LogP contribution in [-0.2, 0) is 11.2 Å². The quantitative estimate of drug-likeness (QED) is 0.850. The summed E-state index contributed by atoms with van der Waals surface area (Å²) in [6, 6.07) is 14.2. The van der Waals surface area contributed by atoms with Crippen molar-refractivity contribution in [3.63, 3.8) is 0 Å². The average Bonchev–Trinajstić information content (AvgIpc) is 2.47. The van der Waals surface area contributed by atoms with Gasteiger partial charge >= 0.3 is 0 Å². The highest BCUT2D eigenvalue weighted by molar-refractivity contribution is 6.31. The molecule has 0 unspecified atom stereocenters. The Morgan fingerprint density at radius 2 is 2.05 bits per heavy atom. The summed E-state index contributed by atoms with van der Waals surface area (Å²) in [6.45, 7) is 0. The first-order valence-electron chi connectivity index (χ1n) is 6.43. The molecule has 0 aliphatic carbocycles. The molecular weight excluding hydrogens is 286 g/mol. The van der Waals surface area contributed by atoms with E-state index in [0.717, 1.165) is 5.56 Å². The molecule has 0 atom stereocenters. The molecule has 0 aliphatic rings. The number of benzene rings is 2. The zero-order valence-corrected chi connectivity index (χ0v) is 12.0. The standard InChI is InChI=1S/C16H14ClN3O/c17-13-7-5-12(10-18)15(9-13)20-16(21)8-6-11-3-1-2-4-14(11)19/h1-5,7,9H,6,8,19H2,(H,20,21). The van der Waals surface area contributed by atoms with Crippen LogP contribution in [0.1, 0.15) is 17.5 Å². The molecule has 2 aromatic rings. The van der Waals surface area contributed by atoms with Crippen molar-refractivity contribution in [3.05, 3.63) is 58.6 Å². The van der Waals surface area contributed by atoms with Crippen LogP contribution in [0.4, 0.5) is 11.4 Å². The van der Waals surface area contributed by atoms with Crippen LogP contribution < -0.4 is 11.1 Å². The first kappa shape index (κ1) is 14.9. The summed E-state index contributed by atoms with van der Waals surface area (Å²) < 4.78 is 0. The molecule has 2 rings (SSSR count). The van der Waals surface area contributed by atoms with Gasteiger partial charge in [-0.3, -0.25) is 4.79 Å². The number of nitrogens with two attached hydrogens (primary N) is 1. The summed E-state index contributed by atoms with van der Waals surface area (Å²) in [7, 11) is 0. The Morgan fingerprint density at radius 3 is 2.76 bits per heavy atom. The number of amides is 1. The lowest BCUT2D eigenvalue weighted by Gasteiger charge is -2.08. The third-order valence-electron chi connectivity index (χ3n) is 3.05. The third-order valence-corrected chi connectivity index (χ3v) is 3.29. The highest BCUT2D eigenvalue weighted by Crippen LogP contribution is 2.21. The van der Waals surface area contributed by atoms with Crippen LogP contribution in [0, 0.1) is 11.3 Å². The number of nitrogens with one attached hydrogen (secondary N) is 1. The summed E-state index contributed by atoms with van der Waals surface area (Å²) >= 11 is 5.87. The number of para-hydroxylation sites is 1. The number of carbonyl (C=O) groups excluding carboxylic acids is 1. The van der Waals surface area contributed by atoms with Gasteiger partial charge in [0.1, 0.15) is 6.07 Å². The molecule has 5 heteroatoms. The van der Waals surface area contributed by atoms with E-state index in [-0.39, 0.29) is 12.3 Å². The minimum absolute atomic E-state index is 0.183. The zero-order valence-electron chi connectivity index (χ0n) is 11.3. The Labute approximate surface area is 128 Å². The van der Waals surface area contributed by atoms with Crippen molar-refractivity contribution in [1.29, 1.82) is 5.26 Å². The van der Waals surface area contributed by atoms with Crippen molar-refractivity contribution in [2.24, 2.45) is 0 Å². The lowest BCUT2D eigenvalue weighted by molar-refractivity contribution is -0.116. The van der Waals surface area contributed by atoms with Gasteiger partial charge in [0.05, 0.1) is 11.3 Å². The Bertz CT molecular complexity index is 707. The molecule has 0 aliphatic heterocycles. The summed E-state index contributed by atoms with van der Waals surface area (Å²) in [6.07, 6.45) is 0.826. The fourth-order valence-electron chi connectivity index (χ4n) is 1.94. The zero-order chi connectivity index (χ0) is 15.2. The number of rotatable bonds is 4. The third kappa shape index (κ3) is 3.98. The number of carbonyl (C=O) groups is 1. The number of nitriles is 1. The van der Waals surface area contributed by atoms with Gasteiger partial charge in [-0.25, -0.2) is 0 Å². The second kappa shape index (κ2) is 6.78. The number of halogens is 1. The van der Waals surface area contributed by atoms with Crippen LogP contribution in [0.3, 0.4) is 0 Å². The van der Waals surface area contributed by atoms with Gasteiger partial charge in [0.25, 0.3) is 0 Å². The number of nitrogens with zero attached hydrogens (tertiary/aromatic N) is 1. The summed E-state index contributed by atoms with van der Waals surface area (Å²) in [5, 5.41) is 12.2. The van der Waals surface area contributed by atoms with Gasteiger partial charge in [-0.1, -0.05) is 29.8 Å². The molecule has 2 aromatic carbocycles. The highest BCUT2D eigenvalue weighted by atomic mass is 35.5. The van der Waals surface area contributed by atoms with Crippen LogP contribution in [0.15, 0.2) is 42.5 Å². The lowest BCUT2D eigenvalue weighted by Crippen LogP contribution is -2.13. The molecular formula is C16H14ClN3O. The van der Waals surface area contributed by atoms with E-state index in [9.17, 15) is 4.79 Å². The summed E-state index contributed by atoms with van der Waals surface area (Å²) in [5.74, 6) is -0.183. The molecule has 0 fully saturated rings. The molecule has 0 heterocycles. The normalized spacial score (nSPS) is 9.90. The first-order chi connectivity index (χ1) is 10.1. The van der Waals surface area contributed by atoms with E-state index in [0.29, 0.717) is 28.4 Å². The topological polar surface area (TPSA) is 78.9 Å². The predicted molar refractivity (Wildman–Crippen MR) is 84.0 cm³/mol. The van der Waals surface area contributed by atoms with Gasteiger partial charge in [-0.2, -0.15) is 5.26 Å². The van der Waals surface area contributed by atoms with E-state index in [1.165, 1.54) is 0 Å². The molecule has 0 bridgehead atoms. The van der Waals surface area contributed by atoms with Crippen molar-refractivity contribution < 1.29 is 4.79 Å². The average molecular weight is 300 g/mol. The second-order valence-electron chi connectivity index (χ2n) is 4.55. The molecule has 0 aromatic heterocycles. The number of nitrogen functional groups attached to an aromatic ring is 1. The van der Waals surface area contributed by atoms with Crippen molar-refractivity contribution in [2.45, 2.75) is 12.8 Å². The maximum absolute atomic E-state index is 12.0. The van der Waals surface area contributed by atoms with E-state index in [1.807, 2.05) is 24.3 Å². The summed E-state index contributed by atoms with van der Waals surface area (Å²) in [4.78, 5) is 12.0. The van der Waals surface area contributed by atoms with E-state index < -0.39 is 0 Å². The first-order valence-corrected chi connectivity index (χ1v) is 6.81. The maximum Gasteiger partial charge on any atom is 0.224 e.